The Morgan fingerprint density at radius 1 is 1.07 bits per heavy atom. The van der Waals surface area contributed by atoms with Crippen molar-refractivity contribution in [2.24, 2.45) is 0 Å². The molecule has 0 N–H and O–H groups in total. The van der Waals surface area contributed by atoms with Crippen molar-refractivity contribution in [3.8, 4) is 10.6 Å². The second-order valence-electron chi connectivity index (χ2n) is 7.37. The SMILES string of the molecule is CCN(CC)C(=O)CN1CCCN(Cc2sc(-c3ccccc3)nc2C)CC1. The summed E-state index contributed by atoms with van der Waals surface area (Å²) in [7, 11) is 0. The van der Waals surface area contributed by atoms with Gasteiger partial charge >= 0.3 is 0 Å². The number of rotatable bonds is 7. The lowest BCUT2D eigenvalue weighted by Gasteiger charge is -2.25. The zero-order valence-corrected chi connectivity index (χ0v) is 18.2. The van der Waals surface area contributed by atoms with Gasteiger partial charge in [0, 0.05) is 43.2 Å². The highest BCUT2D eigenvalue weighted by molar-refractivity contribution is 7.15. The quantitative estimate of drug-likeness (QED) is 0.713. The fourth-order valence-corrected chi connectivity index (χ4v) is 4.80. The molecule has 28 heavy (non-hydrogen) atoms. The molecule has 1 aromatic carbocycles. The highest BCUT2D eigenvalue weighted by Gasteiger charge is 2.20. The van der Waals surface area contributed by atoms with Crippen LogP contribution in [0, 0.1) is 6.92 Å². The van der Waals surface area contributed by atoms with Crippen molar-refractivity contribution in [1.29, 1.82) is 0 Å². The van der Waals surface area contributed by atoms with E-state index in [9.17, 15) is 4.79 Å². The summed E-state index contributed by atoms with van der Waals surface area (Å²) in [5.41, 5.74) is 2.33. The number of hydrogen-bond acceptors (Lipinski definition) is 5. The number of carbonyl (C=O) groups is 1. The van der Waals surface area contributed by atoms with Crippen LogP contribution in [0.3, 0.4) is 0 Å². The molecule has 0 unspecified atom stereocenters. The van der Waals surface area contributed by atoms with Gasteiger partial charge < -0.3 is 4.90 Å². The van der Waals surface area contributed by atoms with Crippen LogP contribution in [0.25, 0.3) is 10.6 Å². The van der Waals surface area contributed by atoms with Crippen LogP contribution in [-0.2, 0) is 11.3 Å². The topological polar surface area (TPSA) is 39.7 Å². The fourth-order valence-electron chi connectivity index (χ4n) is 3.69. The van der Waals surface area contributed by atoms with Gasteiger partial charge in [0.2, 0.25) is 5.91 Å². The lowest BCUT2D eigenvalue weighted by molar-refractivity contribution is -0.132. The Hall–Kier alpha value is -1.76. The lowest BCUT2D eigenvalue weighted by Crippen LogP contribution is -2.41. The summed E-state index contributed by atoms with van der Waals surface area (Å²) in [6.07, 6.45) is 1.11. The first kappa shape index (κ1) is 21.0. The molecule has 1 fully saturated rings. The largest absolute Gasteiger partial charge is 0.342 e. The van der Waals surface area contributed by atoms with E-state index in [-0.39, 0.29) is 5.91 Å². The number of amides is 1. The zero-order valence-electron chi connectivity index (χ0n) is 17.4. The molecule has 2 heterocycles. The van der Waals surface area contributed by atoms with E-state index in [4.69, 9.17) is 4.98 Å². The maximum atomic E-state index is 12.4. The van der Waals surface area contributed by atoms with Gasteiger partial charge in [0.15, 0.2) is 0 Å². The number of benzene rings is 1. The molecule has 5 nitrogen and oxygen atoms in total. The smallest absolute Gasteiger partial charge is 0.236 e. The molecule has 0 saturated carbocycles. The minimum Gasteiger partial charge on any atom is -0.342 e. The van der Waals surface area contributed by atoms with Gasteiger partial charge in [-0.3, -0.25) is 14.6 Å². The summed E-state index contributed by atoms with van der Waals surface area (Å²) >= 11 is 1.81. The van der Waals surface area contributed by atoms with Gasteiger partial charge in [-0.05, 0) is 40.3 Å². The third-order valence-corrected chi connectivity index (χ3v) is 6.63. The van der Waals surface area contributed by atoms with E-state index in [1.807, 2.05) is 36.2 Å². The second kappa shape index (κ2) is 10.1. The summed E-state index contributed by atoms with van der Waals surface area (Å²) in [5.74, 6) is 0.254. The number of aryl methyl sites for hydroxylation is 1. The van der Waals surface area contributed by atoms with Gasteiger partial charge in [0.25, 0.3) is 0 Å². The molecule has 1 aliphatic heterocycles. The Bertz CT molecular complexity index is 757. The highest BCUT2D eigenvalue weighted by atomic mass is 32.1. The molecular formula is C22H32N4OS. The molecule has 6 heteroatoms. The second-order valence-corrected chi connectivity index (χ2v) is 8.45. The highest BCUT2D eigenvalue weighted by Crippen LogP contribution is 2.28. The number of aromatic nitrogens is 1. The average Bonchev–Trinajstić information content (AvgIpc) is 2.92. The van der Waals surface area contributed by atoms with E-state index in [1.165, 1.54) is 10.4 Å². The molecule has 2 aromatic rings. The van der Waals surface area contributed by atoms with E-state index in [0.29, 0.717) is 6.54 Å². The number of nitrogens with zero attached hydrogens (tertiary/aromatic N) is 4. The Morgan fingerprint density at radius 3 is 2.46 bits per heavy atom. The third kappa shape index (κ3) is 5.40. The Morgan fingerprint density at radius 2 is 1.75 bits per heavy atom. The van der Waals surface area contributed by atoms with Crippen molar-refractivity contribution >= 4 is 17.2 Å². The first-order chi connectivity index (χ1) is 13.6. The summed E-state index contributed by atoms with van der Waals surface area (Å²) in [4.78, 5) is 25.3. The summed E-state index contributed by atoms with van der Waals surface area (Å²) in [5, 5.41) is 1.11. The van der Waals surface area contributed by atoms with Crippen molar-refractivity contribution in [2.75, 3.05) is 45.8 Å². The lowest BCUT2D eigenvalue weighted by atomic mass is 10.2. The summed E-state index contributed by atoms with van der Waals surface area (Å²) in [6.45, 7) is 13.3. The molecule has 3 rings (SSSR count). The van der Waals surface area contributed by atoms with Gasteiger partial charge in [-0.1, -0.05) is 30.3 Å². The van der Waals surface area contributed by atoms with Gasteiger partial charge in [-0.25, -0.2) is 4.98 Å². The van der Waals surface area contributed by atoms with Crippen molar-refractivity contribution < 1.29 is 4.79 Å². The molecule has 0 aliphatic carbocycles. The maximum absolute atomic E-state index is 12.4. The summed E-state index contributed by atoms with van der Waals surface area (Å²) < 4.78 is 0. The van der Waals surface area contributed by atoms with E-state index < -0.39 is 0 Å². The van der Waals surface area contributed by atoms with Crippen LogP contribution in [-0.4, -0.2) is 71.4 Å². The van der Waals surface area contributed by atoms with E-state index in [1.54, 1.807) is 0 Å². The molecule has 0 radical (unpaired) electrons. The first-order valence-corrected chi connectivity index (χ1v) is 11.2. The number of likely N-dealkylation sites (N-methyl/N-ethyl adjacent to an activating group) is 1. The van der Waals surface area contributed by atoms with E-state index in [2.05, 4.69) is 41.0 Å². The maximum Gasteiger partial charge on any atom is 0.236 e. The predicted molar refractivity (Wildman–Crippen MR) is 117 cm³/mol. The van der Waals surface area contributed by atoms with Crippen LogP contribution in [0.15, 0.2) is 30.3 Å². The number of thiazole rings is 1. The Kier molecular flexibility index (Phi) is 7.59. The Balaban J connectivity index is 1.57. The normalized spacial score (nSPS) is 16.1. The average molecular weight is 401 g/mol. The predicted octanol–water partition coefficient (Wildman–Crippen LogP) is 3.49. The molecule has 1 aliphatic rings. The van der Waals surface area contributed by atoms with Crippen LogP contribution >= 0.6 is 11.3 Å². The van der Waals surface area contributed by atoms with Gasteiger partial charge in [0.1, 0.15) is 5.01 Å². The number of carbonyl (C=O) groups excluding carboxylic acids is 1. The van der Waals surface area contributed by atoms with E-state index >= 15 is 0 Å². The van der Waals surface area contributed by atoms with Gasteiger partial charge in [-0.15, -0.1) is 11.3 Å². The van der Waals surface area contributed by atoms with Crippen molar-refractivity contribution in [3.63, 3.8) is 0 Å². The van der Waals surface area contributed by atoms with Crippen LogP contribution in [0.2, 0.25) is 0 Å². The third-order valence-electron chi connectivity index (χ3n) is 5.44. The molecule has 0 atom stereocenters. The molecule has 1 aromatic heterocycles. The van der Waals surface area contributed by atoms with Crippen LogP contribution in [0.5, 0.6) is 0 Å². The van der Waals surface area contributed by atoms with Gasteiger partial charge in [-0.2, -0.15) is 0 Å². The minimum absolute atomic E-state index is 0.254. The first-order valence-electron chi connectivity index (χ1n) is 10.3. The van der Waals surface area contributed by atoms with Crippen molar-refractivity contribution in [3.05, 3.63) is 40.9 Å². The number of hydrogen-bond donors (Lipinski definition) is 0. The molecule has 1 saturated heterocycles. The summed E-state index contributed by atoms with van der Waals surface area (Å²) in [6, 6.07) is 10.4. The Labute approximate surface area is 173 Å². The van der Waals surface area contributed by atoms with Crippen molar-refractivity contribution in [2.45, 2.75) is 33.7 Å². The molecular weight excluding hydrogens is 368 g/mol. The minimum atomic E-state index is 0.254. The molecule has 1 amide bonds. The molecule has 152 valence electrons. The molecule has 0 spiro atoms. The van der Waals surface area contributed by atoms with Crippen molar-refractivity contribution in [1.82, 2.24) is 19.7 Å². The fraction of sp³-hybridized carbons (Fsp3) is 0.545. The van der Waals surface area contributed by atoms with E-state index in [0.717, 1.165) is 62.9 Å². The van der Waals surface area contributed by atoms with Crippen LogP contribution in [0.4, 0.5) is 0 Å². The van der Waals surface area contributed by atoms with Gasteiger partial charge in [0.05, 0.1) is 12.2 Å². The van der Waals surface area contributed by atoms with Crippen LogP contribution < -0.4 is 0 Å². The van der Waals surface area contributed by atoms with Crippen LogP contribution in [0.1, 0.15) is 30.8 Å². The monoisotopic (exact) mass is 400 g/mol. The molecule has 0 bridgehead atoms. The standard InChI is InChI=1S/C22H32N4OS/c1-4-26(5-2)21(27)17-25-13-9-12-24(14-15-25)16-20-18(3)23-22(28-20)19-10-7-6-8-11-19/h6-8,10-11H,4-5,9,12-17H2,1-3H3. The zero-order chi connectivity index (χ0) is 19.9.